The lowest BCUT2D eigenvalue weighted by Crippen LogP contribution is -2.31. The maximum Gasteiger partial charge on any atom is 0.0104 e. The molecule has 1 heterocycles. The van der Waals surface area contributed by atoms with E-state index in [9.17, 15) is 0 Å². The summed E-state index contributed by atoms with van der Waals surface area (Å²) in [5.41, 5.74) is 0. The van der Waals surface area contributed by atoms with E-state index in [1.54, 1.807) is 0 Å². The molecule has 0 unspecified atom stereocenters. The van der Waals surface area contributed by atoms with Crippen molar-refractivity contribution in [2.45, 2.75) is 38.1 Å². The molecule has 0 bridgehead atoms. The molecule has 94 valence electrons. The molecule has 0 spiro atoms. The molecule has 0 radical (unpaired) electrons. The highest BCUT2D eigenvalue weighted by molar-refractivity contribution is 7.99. The van der Waals surface area contributed by atoms with Gasteiger partial charge in [-0.05, 0) is 63.1 Å². The van der Waals surface area contributed by atoms with Crippen LogP contribution in [0.4, 0.5) is 0 Å². The minimum atomic E-state index is 0.865. The van der Waals surface area contributed by atoms with E-state index in [-0.39, 0.29) is 0 Å². The third-order valence-corrected chi connectivity index (χ3v) is 4.81. The van der Waals surface area contributed by atoms with Gasteiger partial charge in [0, 0.05) is 19.1 Å². The van der Waals surface area contributed by atoms with E-state index in [4.69, 9.17) is 0 Å². The van der Waals surface area contributed by atoms with Gasteiger partial charge in [0.05, 0.1) is 0 Å². The van der Waals surface area contributed by atoms with Gasteiger partial charge in [0.15, 0.2) is 0 Å². The number of hydrogen-bond acceptors (Lipinski definition) is 3. The summed E-state index contributed by atoms with van der Waals surface area (Å²) in [5, 5.41) is 3.58. The van der Waals surface area contributed by atoms with E-state index < -0.39 is 0 Å². The highest BCUT2D eigenvalue weighted by Crippen LogP contribution is 2.25. The molecule has 2 rings (SSSR count). The molecule has 2 aliphatic rings. The SMILES string of the molecule is CN(CCNC1CC1)CCC1CCSCC1. The van der Waals surface area contributed by atoms with Crippen molar-refractivity contribution in [2.24, 2.45) is 5.92 Å². The van der Waals surface area contributed by atoms with Crippen molar-refractivity contribution in [3.63, 3.8) is 0 Å². The maximum absolute atomic E-state index is 3.58. The second-order valence-electron chi connectivity index (χ2n) is 5.38. The summed E-state index contributed by atoms with van der Waals surface area (Å²) in [5.74, 6) is 3.81. The van der Waals surface area contributed by atoms with Gasteiger partial charge in [-0.15, -0.1) is 0 Å². The number of rotatable bonds is 7. The standard InChI is InChI=1S/C13H26N2S/c1-15(9-7-14-13-2-3-13)8-4-12-5-10-16-11-6-12/h12-14H,2-11H2,1H3. The summed E-state index contributed by atoms with van der Waals surface area (Å²) in [7, 11) is 2.27. The quantitative estimate of drug-likeness (QED) is 0.737. The fourth-order valence-electron chi connectivity index (χ4n) is 2.30. The van der Waals surface area contributed by atoms with Crippen LogP contribution in [0.15, 0.2) is 0 Å². The van der Waals surface area contributed by atoms with Crippen molar-refractivity contribution in [3.8, 4) is 0 Å². The Morgan fingerprint density at radius 2 is 1.88 bits per heavy atom. The summed E-state index contributed by atoms with van der Waals surface area (Å²) < 4.78 is 0. The molecular formula is C13H26N2S. The van der Waals surface area contributed by atoms with Crippen LogP contribution < -0.4 is 5.32 Å². The topological polar surface area (TPSA) is 15.3 Å². The highest BCUT2D eigenvalue weighted by atomic mass is 32.2. The van der Waals surface area contributed by atoms with Crippen LogP contribution in [0.5, 0.6) is 0 Å². The molecule has 1 aliphatic heterocycles. The van der Waals surface area contributed by atoms with E-state index in [2.05, 4.69) is 29.0 Å². The van der Waals surface area contributed by atoms with E-state index in [1.165, 1.54) is 63.2 Å². The molecule has 1 N–H and O–H groups in total. The molecule has 0 atom stereocenters. The average molecular weight is 242 g/mol. The van der Waals surface area contributed by atoms with Crippen LogP contribution in [0.25, 0.3) is 0 Å². The van der Waals surface area contributed by atoms with Gasteiger partial charge in [-0.3, -0.25) is 0 Å². The zero-order valence-electron chi connectivity index (χ0n) is 10.6. The third kappa shape index (κ3) is 5.07. The molecule has 2 nitrogen and oxygen atoms in total. The van der Waals surface area contributed by atoms with Gasteiger partial charge in [-0.1, -0.05) is 0 Å². The lowest BCUT2D eigenvalue weighted by atomic mass is 9.99. The number of nitrogens with zero attached hydrogens (tertiary/aromatic N) is 1. The van der Waals surface area contributed by atoms with Crippen molar-refractivity contribution in [1.82, 2.24) is 10.2 Å². The molecule has 2 fully saturated rings. The molecule has 1 aliphatic carbocycles. The van der Waals surface area contributed by atoms with Gasteiger partial charge >= 0.3 is 0 Å². The Bertz CT molecular complexity index is 188. The minimum absolute atomic E-state index is 0.865. The Labute approximate surface area is 105 Å². The van der Waals surface area contributed by atoms with E-state index in [0.717, 1.165) is 12.0 Å². The van der Waals surface area contributed by atoms with Crippen LogP contribution in [0, 0.1) is 5.92 Å². The van der Waals surface area contributed by atoms with Crippen molar-refractivity contribution < 1.29 is 0 Å². The third-order valence-electron chi connectivity index (χ3n) is 3.76. The number of hydrogen-bond donors (Lipinski definition) is 1. The van der Waals surface area contributed by atoms with E-state index in [0.29, 0.717) is 0 Å². The van der Waals surface area contributed by atoms with Crippen molar-refractivity contribution in [3.05, 3.63) is 0 Å². The molecule has 0 aromatic heterocycles. The molecular weight excluding hydrogens is 216 g/mol. The predicted octanol–water partition coefficient (Wildman–Crippen LogP) is 2.20. The number of nitrogens with one attached hydrogen (secondary N) is 1. The summed E-state index contributed by atoms with van der Waals surface area (Å²) >= 11 is 2.13. The molecule has 3 heteroatoms. The van der Waals surface area contributed by atoms with Gasteiger partial charge < -0.3 is 10.2 Å². The Balaban J connectivity index is 1.46. The zero-order valence-corrected chi connectivity index (χ0v) is 11.4. The second kappa shape index (κ2) is 6.87. The van der Waals surface area contributed by atoms with Gasteiger partial charge in [0.2, 0.25) is 0 Å². The van der Waals surface area contributed by atoms with Crippen LogP contribution >= 0.6 is 11.8 Å². The first-order valence-electron chi connectivity index (χ1n) is 6.84. The molecule has 1 saturated heterocycles. The van der Waals surface area contributed by atoms with Crippen LogP contribution in [-0.2, 0) is 0 Å². The molecule has 16 heavy (non-hydrogen) atoms. The Morgan fingerprint density at radius 1 is 1.12 bits per heavy atom. The largest absolute Gasteiger partial charge is 0.313 e. The van der Waals surface area contributed by atoms with E-state index >= 15 is 0 Å². The lowest BCUT2D eigenvalue weighted by molar-refractivity contribution is 0.292. The first-order chi connectivity index (χ1) is 7.84. The molecule has 0 aromatic carbocycles. The fraction of sp³-hybridized carbons (Fsp3) is 1.00. The van der Waals surface area contributed by atoms with Gasteiger partial charge in [-0.25, -0.2) is 0 Å². The predicted molar refractivity (Wildman–Crippen MR) is 73.2 cm³/mol. The highest BCUT2D eigenvalue weighted by Gasteiger charge is 2.20. The molecule has 0 amide bonds. The molecule has 0 aromatic rings. The van der Waals surface area contributed by atoms with Gasteiger partial charge in [-0.2, -0.15) is 11.8 Å². The van der Waals surface area contributed by atoms with E-state index in [1.807, 2.05) is 0 Å². The lowest BCUT2D eigenvalue weighted by Gasteiger charge is -2.24. The summed E-state index contributed by atoms with van der Waals surface area (Å²) in [4.78, 5) is 2.50. The number of thioether (sulfide) groups is 1. The number of likely N-dealkylation sites (N-methyl/N-ethyl adjacent to an activating group) is 1. The Morgan fingerprint density at radius 3 is 2.56 bits per heavy atom. The van der Waals surface area contributed by atoms with Crippen molar-refractivity contribution >= 4 is 11.8 Å². The van der Waals surface area contributed by atoms with Crippen LogP contribution in [0.3, 0.4) is 0 Å². The normalized spacial score (nSPS) is 22.9. The summed E-state index contributed by atoms with van der Waals surface area (Å²) in [6.07, 6.45) is 7.14. The minimum Gasteiger partial charge on any atom is -0.313 e. The van der Waals surface area contributed by atoms with Gasteiger partial charge in [0.1, 0.15) is 0 Å². The summed E-state index contributed by atoms with van der Waals surface area (Å²) in [6.45, 7) is 3.70. The van der Waals surface area contributed by atoms with Crippen molar-refractivity contribution in [1.29, 1.82) is 0 Å². The van der Waals surface area contributed by atoms with Gasteiger partial charge in [0.25, 0.3) is 0 Å². The maximum atomic E-state index is 3.58. The molecule has 1 saturated carbocycles. The fourth-order valence-corrected chi connectivity index (χ4v) is 3.50. The smallest absolute Gasteiger partial charge is 0.0104 e. The zero-order chi connectivity index (χ0) is 11.2. The average Bonchev–Trinajstić information content (AvgIpc) is 3.12. The Kier molecular flexibility index (Phi) is 5.46. The monoisotopic (exact) mass is 242 g/mol. The first-order valence-corrected chi connectivity index (χ1v) is 8.00. The van der Waals surface area contributed by atoms with Crippen LogP contribution in [-0.4, -0.2) is 49.1 Å². The van der Waals surface area contributed by atoms with Crippen molar-refractivity contribution in [2.75, 3.05) is 38.2 Å². The summed E-state index contributed by atoms with van der Waals surface area (Å²) in [6, 6.07) is 0.865. The van der Waals surface area contributed by atoms with Crippen LogP contribution in [0.2, 0.25) is 0 Å². The first kappa shape index (κ1) is 12.7. The Hall–Kier alpha value is 0.270. The second-order valence-corrected chi connectivity index (χ2v) is 6.60. The van der Waals surface area contributed by atoms with Crippen LogP contribution in [0.1, 0.15) is 32.1 Å².